The molecule has 0 bridgehead atoms. The Morgan fingerprint density at radius 2 is 1.76 bits per heavy atom. The Morgan fingerprint density at radius 3 is 2.52 bits per heavy atom. The molecule has 0 aliphatic carbocycles. The van der Waals surface area contributed by atoms with Crippen LogP contribution in [0.5, 0.6) is 5.75 Å². The Kier molecular flexibility index (Phi) is 6.89. The van der Waals surface area contributed by atoms with Gasteiger partial charge in [-0.3, -0.25) is 0 Å². The zero-order valence-electron chi connectivity index (χ0n) is 11.5. The molecule has 5 heteroatoms. The van der Waals surface area contributed by atoms with Crippen molar-refractivity contribution in [2.45, 2.75) is 12.8 Å². The highest BCUT2D eigenvalue weighted by atomic mass is 79.9. The van der Waals surface area contributed by atoms with E-state index in [-0.39, 0.29) is 0 Å². The lowest BCUT2D eigenvalue weighted by molar-refractivity contribution is 0.311. The van der Waals surface area contributed by atoms with Gasteiger partial charge in [0.2, 0.25) is 0 Å². The Bertz CT molecular complexity index is 588. The summed E-state index contributed by atoms with van der Waals surface area (Å²) in [6.07, 6.45) is 2.10. The average Bonchev–Trinajstić information content (AvgIpc) is 2.52. The SMILES string of the molecule is BrCCCCOc1cc(Br)ccc1N=Nc1ccccc1. The molecule has 0 atom stereocenters. The van der Waals surface area contributed by atoms with Crippen LogP contribution in [-0.2, 0) is 0 Å². The molecule has 0 N–H and O–H groups in total. The molecule has 0 aliphatic heterocycles. The summed E-state index contributed by atoms with van der Waals surface area (Å²) in [5.74, 6) is 0.749. The third-order valence-electron chi connectivity index (χ3n) is 2.74. The summed E-state index contributed by atoms with van der Waals surface area (Å²) in [7, 11) is 0. The van der Waals surface area contributed by atoms with Crippen LogP contribution < -0.4 is 4.74 Å². The molecule has 0 unspecified atom stereocenters. The highest BCUT2D eigenvalue weighted by Crippen LogP contribution is 2.32. The van der Waals surface area contributed by atoms with Gasteiger partial charge in [0.15, 0.2) is 0 Å². The molecule has 0 aromatic heterocycles. The fourth-order valence-electron chi connectivity index (χ4n) is 1.67. The van der Waals surface area contributed by atoms with E-state index in [4.69, 9.17) is 4.74 Å². The molecule has 0 amide bonds. The highest BCUT2D eigenvalue weighted by molar-refractivity contribution is 9.10. The lowest BCUT2D eigenvalue weighted by Gasteiger charge is -2.08. The van der Waals surface area contributed by atoms with E-state index in [9.17, 15) is 0 Å². The minimum absolute atomic E-state index is 0.676. The van der Waals surface area contributed by atoms with Crippen LogP contribution in [0.25, 0.3) is 0 Å². The fraction of sp³-hybridized carbons (Fsp3) is 0.250. The van der Waals surface area contributed by atoms with E-state index < -0.39 is 0 Å². The molecule has 21 heavy (non-hydrogen) atoms. The number of benzene rings is 2. The van der Waals surface area contributed by atoms with Gasteiger partial charge >= 0.3 is 0 Å². The number of alkyl halides is 1. The van der Waals surface area contributed by atoms with Crippen molar-refractivity contribution in [2.24, 2.45) is 10.2 Å². The van der Waals surface area contributed by atoms with E-state index in [0.29, 0.717) is 6.61 Å². The minimum Gasteiger partial charge on any atom is -0.491 e. The van der Waals surface area contributed by atoms with Gasteiger partial charge in [0.1, 0.15) is 11.4 Å². The molecule has 0 saturated heterocycles. The van der Waals surface area contributed by atoms with Crippen LogP contribution in [0.4, 0.5) is 11.4 Å². The Labute approximate surface area is 141 Å². The number of nitrogens with zero attached hydrogens (tertiary/aromatic N) is 2. The van der Waals surface area contributed by atoms with Crippen LogP contribution >= 0.6 is 31.9 Å². The maximum absolute atomic E-state index is 5.80. The predicted octanol–water partition coefficient (Wildman–Crippen LogP) is 6.42. The summed E-state index contributed by atoms with van der Waals surface area (Å²) in [5.41, 5.74) is 1.56. The molecule has 2 aromatic rings. The zero-order chi connectivity index (χ0) is 14.9. The molecule has 0 aliphatic rings. The minimum atomic E-state index is 0.676. The van der Waals surface area contributed by atoms with Gasteiger partial charge in [-0.25, -0.2) is 0 Å². The van der Waals surface area contributed by atoms with Crippen molar-refractivity contribution in [3.63, 3.8) is 0 Å². The summed E-state index contributed by atoms with van der Waals surface area (Å²) >= 11 is 6.87. The topological polar surface area (TPSA) is 34.0 Å². The van der Waals surface area contributed by atoms with Crippen LogP contribution in [0, 0.1) is 0 Å². The van der Waals surface area contributed by atoms with E-state index >= 15 is 0 Å². The molecule has 2 rings (SSSR count). The third-order valence-corrected chi connectivity index (χ3v) is 3.79. The van der Waals surface area contributed by atoms with Crippen molar-refractivity contribution >= 4 is 43.2 Å². The standard InChI is InChI=1S/C16H16Br2N2O/c17-10-4-5-11-21-16-12-13(18)8-9-15(16)20-19-14-6-2-1-3-7-14/h1-3,6-9,12H,4-5,10-11H2. The second kappa shape index (κ2) is 8.95. The predicted molar refractivity (Wildman–Crippen MR) is 93.3 cm³/mol. The molecule has 2 aromatic carbocycles. The summed E-state index contributed by atoms with van der Waals surface area (Å²) in [5, 5.41) is 9.52. The van der Waals surface area contributed by atoms with Gasteiger partial charge < -0.3 is 4.74 Å². The van der Waals surface area contributed by atoms with Crippen LogP contribution in [0.3, 0.4) is 0 Å². The molecule has 0 saturated carbocycles. The van der Waals surface area contributed by atoms with E-state index in [1.807, 2.05) is 48.5 Å². The van der Waals surface area contributed by atoms with E-state index in [2.05, 4.69) is 42.1 Å². The smallest absolute Gasteiger partial charge is 0.147 e. The Balaban J connectivity index is 2.09. The first kappa shape index (κ1) is 16.2. The summed E-state index contributed by atoms with van der Waals surface area (Å²) in [6, 6.07) is 15.4. The highest BCUT2D eigenvalue weighted by Gasteiger charge is 2.04. The molecule has 0 radical (unpaired) electrons. The van der Waals surface area contributed by atoms with Gasteiger partial charge in [-0.15, -0.1) is 5.11 Å². The van der Waals surface area contributed by atoms with Gasteiger partial charge in [0, 0.05) is 9.80 Å². The molecule has 0 spiro atoms. The number of ether oxygens (including phenoxy) is 1. The normalized spacial score (nSPS) is 11.0. The largest absolute Gasteiger partial charge is 0.491 e. The maximum atomic E-state index is 5.80. The molecule has 0 heterocycles. The van der Waals surface area contributed by atoms with E-state index in [1.165, 1.54) is 0 Å². The van der Waals surface area contributed by atoms with Crippen molar-refractivity contribution in [1.29, 1.82) is 0 Å². The first-order chi connectivity index (χ1) is 10.3. The first-order valence-corrected chi connectivity index (χ1v) is 8.66. The first-order valence-electron chi connectivity index (χ1n) is 6.74. The summed E-state index contributed by atoms with van der Waals surface area (Å²) in [4.78, 5) is 0. The quantitative estimate of drug-likeness (QED) is 0.294. The third kappa shape index (κ3) is 5.59. The van der Waals surface area contributed by atoms with Crippen molar-refractivity contribution in [1.82, 2.24) is 0 Å². The summed E-state index contributed by atoms with van der Waals surface area (Å²) in [6.45, 7) is 0.676. The van der Waals surface area contributed by atoms with Gasteiger partial charge in [0.05, 0.1) is 12.3 Å². The molecular weight excluding hydrogens is 396 g/mol. The second-order valence-corrected chi connectivity index (χ2v) is 6.10. The van der Waals surface area contributed by atoms with Gasteiger partial charge in [-0.1, -0.05) is 50.1 Å². The lowest BCUT2D eigenvalue weighted by atomic mass is 10.3. The number of hydrogen-bond acceptors (Lipinski definition) is 3. The van der Waals surface area contributed by atoms with Crippen LogP contribution in [0.1, 0.15) is 12.8 Å². The lowest BCUT2D eigenvalue weighted by Crippen LogP contribution is -1.97. The molecule has 0 fully saturated rings. The number of unbranched alkanes of at least 4 members (excludes halogenated alkanes) is 1. The van der Waals surface area contributed by atoms with Crippen LogP contribution in [0.2, 0.25) is 0 Å². The number of hydrogen-bond donors (Lipinski definition) is 0. The molecule has 110 valence electrons. The molecular formula is C16H16Br2N2O. The molecule has 3 nitrogen and oxygen atoms in total. The average molecular weight is 412 g/mol. The van der Waals surface area contributed by atoms with E-state index in [1.54, 1.807) is 0 Å². The number of halogens is 2. The fourth-order valence-corrected chi connectivity index (χ4v) is 2.41. The Hall–Kier alpha value is -1.20. The van der Waals surface area contributed by atoms with Crippen molar-refractivity contribution in [3.8, 4) is 5.75 Å². The van der Waals surface area contributed by atoms with E-state index in [0.717, 1.165) is 39.8 Å². The zero-order valence-corrected chi connectivity index (χ0v) is 14.7. The second-order valence-electron chi connectivity index (χ2n) is 4.39. The maximum Gasteiger partial charge on any atom is 0.147 e. The Morgan fingerprint density at radius 1 is 0.952 bits per heavy atom. The van der Waals surface area contributed by atoms with Gasteiger partial charge in [0.25, 0.3) is 0 Å². The monoisotopic (exact) mass is 410 g/mol. The van der Waals surface area contributed by atoms with Crippen molar-refractivity contribution < 1.29 is 4.74 Å². The van der Waals surface area contributed by atoms with Crippen LogP contribution in [0.15, 0.2) is 63.2 Å². The number of rotatable bonds is 7. The summed E-state index contributed by atoms with van der Waals surface area (Å²) < 4.78 is 6.77. The van der Waals surface area contributed by atoms with Gasteiger partial charge in [-0.2, -0.15) is 5.11 Å². The number of azo groups is 1. The van der Waals surface area contributed by atoms with Crippen molar-refractivity contribution in [3.05, 3.63) is 53.0 Å². The van der Waals surface area contributed by atoms with Crippen LogP contribution in [-0.4, -0.2) is 11.9 Å². The van der Waals surface area contributed by atoms with Gasteiger partial charge in [-0.05, 0) is 43.2 Å². The van der Waals surface area contributed by atoms with Crippen molar-refractivity contribution in [2.75, 3.05) is 11.9 Å².